The molecule has 1 amide bonds. The van der Waals surface area contributed by atoms with Crippen LogP contribution < -0.4 is 9.80 Å². The summed E-state index contributed by atoms with van der Waals surface area (Å²) in [4.78, 5) is 18.4. The molecule has 0 atom stereocenters. The van der Waals surface area contributed by atoms with Crippen LogP contribution in [0.25, 0.3) is 0 Å². The van der Waals surface area contributed by atoms with Crippen LogP contribution in [0.1, 0.15) is 30.0 Å². The number of anilines is 2. The highest BCUT2D eigenvalue weighted by Crippen LogP contribution is 2.39. The monoisotopic (exact) mass is 397 g/mol. The van der Waals surface area contributed by atoms with E-state index in [1.807, 2.05) is 17.0 Å². The smallest absolute Gasteiger partial charge is 0.215 e. The van der Waals surface area contributed by atoms with E-state index in [0.29, 0.717) is 12.7 Å². The maximum atomic E-state index is 11.5. The molecule has 0 saturated carbocycles. The minimum atomic E-state index is 0.283. The van der Waals surface area contributed by atoms with Crippen molar-refractivity contribution in [1.82, 2.24) is 4.90 Å². The van der Waals surface area contributed by atoms with Gasteiger partial charge in [0.1, 0.15) is 0 Å². The summed E-state index contributed by atoms with van der Waals surface area (Å²) in [7, 11) is 0. The summed E-state index contributed by atoms with van der Waals surface area (Å²) >= 11 is 0. The van der Waals surface area contributed by atoms with Crippen LogP contribution in [0.3, 0.4) is 0 Å². The van der Waals surface area contributed by atoms with E-state index in [-0.39, 0.29) is 6.04 Å². The van der Waals surface area contributed by atoms with Crippen LogP contribution in [0.5, 0.6) is 0 Å². The molecule has 152 valence electrons. The van der Waals surface area contributed by atoms with Crippen molar-refractivity contribution >= 4 is 17.8 Å². The van der Waals surface area contributed by atoms with Crippen molar-refractivity contribution in [2.45, 2.75) is 24.9 Å². The number of benzene rings is 3. The number of carbonyl (C=O) groups excluding carboxylic acids is 1. The molecule has 0 aliphatic carbocycles. The van der Waals surface area contributed by atoms with Crippen molar-refractivity contribution in [2.75, 3.05) is 29.6 Å². The molecule has 3 aromatic rings. The largest absolute Gasteiger partial charge is 0.349 e. The number of nitrogens with zero attached hydrogens (tertiary/aromatic N) is 3. The Kier molecular flexibility index (Phi) is 5.24. The van der Waals surface area contributed by atoms with E-state index in [4.69, 9.17) is 0 Å². The lowest BCUT2D eigenvalue weighted by Gasteiger charge is -2.41. The molecule has 0 radical (unpaired) electrons. The molecule has 30 heavy (non-hydrogen) atoms. The zero-order valence-electron chi connectivity index (χ0n) is 17.1. The second-order valence-electron chi connectivity index (χ2n) is 8.17. The molecule has 0 aromatic heterocycles. The second kappa shape index (κ2) is 8.33. The molecule has 3 aromatic carbocycles. The zero-order chi connectivity index (χ0) is 20.3. The number of carbonyl (C=O) groups is 1. The highest BCUT2D eigenvalue weighted by Gasteiger charge is 2.34. The molecule has 5 rings (SSSR count). The minimum Gasteiger partial charge on any atom is -0.349 e. The molecule has 2 aliphatic rings. The fourth-order valence-electron chi connectivity index (χ4n) is 5.01. The van der Waals surface area contributed by atoms with Crippen LogP contribution >= 0.6 is 0 Å². The number of para-hydroxylation sites is 2. The Morgan fingerprint density at radius 3 is 1.83 bits per heavy atom. The lowest BCUT2D eigenvalue weighted by atomic mass is 9.93. The van der Waals surface area contributed by atoms with Crippen molar-refractivity contribution in [3.05, 3.63) is 96.1 Å². The lowest BCUT2D eigenvalue weighted by Crippen LogP contribution is -2.47. The van der Waals surface area contributed by atoms with Gasteiger partial charge in [0.15, 0.2) is 0 Å². The first-order chi connectivity index (χ1) is 14.8. The van der Waals surface area contributed by atoms with Gasteiger partial charge in [0.2, 0.25) is 6.41 Å². The average molecular weight is 398 g/mol. The molecule has 2 heterocycles. The third-order valence-corrected chi connectivity index (χ3v) is 6.47. The number of hydrogen-bond acceptors (Lipinski definition) is 3. The topological polar surface area (TPSA) is 26.8 Å². The average Bonchev–Trinajstić information content (AvgIpc) is 3.20. The Morgan fingerprint density at radius 1 is 0.733 bits per heavy atom. The molecule has 0 bridgehead atoms. The molecule has 0 N–H and O–H groups in total. The van der Waals surface area contributed by atoms with Gasteiger partial charge in [-0.3, -0.25) is 14.6 Å². The van der Waals surface area contributed by atoms with E-state index < -0.39 is 0 Å². The summed E-state index contributed by atoms with van der Waals surface area (Å²) in [6, 6.07) is 30.6. The predicted molar refractivity (Wildman–Crippen MR) is 122 cm³/mol. The van der Waals surface area contributed by atoms with Crippen molar-refractivity contribution in [1.29, 1.82) is 0 Å². The number of piperidine rings is 1. The Balaban J connectivity index is 1.35. The lowest BCUT2D eigenvalue weighted by molar-refractivity contribution is -0.107. The van der Waals surface area contributed by atoms with E-state index >= 15 is 0 Å². The summed E-state index contributed by atoms with van der Waals surface area (Å²) in [6.45, 7) is 2.74. The standard InChI is InChI=1S/C26H27N3O/c30-20-28-19-29(25-14-8-7-13-24(25)28)23-15-17-27(18-16-23)26(21-9-3-1-4-10-21)22-11-5-2-6-12-22/h1-14,20,23,26H,15-19H2. The normalized spacial score (nSPS) is 17.4. The predicted octanol–water partition coefficient (Wildman–Crippen LogP) is 4.68. The van der Waals surface area contributed by atoms with Gasteiger partial charge in [0, 0.05) is 19.1 Å². The molecule has 0 unspecified atom stereocenters. The van der Waals surface area contributed by atoms with Crippen molar-refractivity contribution in [3.8, 4) is 0 Å². The molecule has 0 spiro atoms. The number of likely N-dealkylation sites (tertiary alicyclic amines) is 1. The SMILES string of the molecule is O=CN1CN(C2CCN(C(c3ccccc3)c3ccccc3)CC2)c2ccccc21. The van der Waals surface area contributed by atoms with E-state index in [1.54, 1.807) is 0 Å². The fourth-order valence-corrected chi connectivity index (χ4v) is 5.01. The molecule has 2 aliphatic heterocycles. The van der Waals surface area contributed by atoms with Gasteiger partial charge in [0.05, 0.1) is 24.1 Å². The Labute approximate surface area is 178 Å². The third kappa shape index (κ3) is 3.48. The summed E-state index contributed by atoms with van der Waals surface area (Å²) < 4.78 is 0. The highest BCUT2D eigenvalue weighted by atomic mass is 16.1. The van der Waals surface area contributed by atoms with Crippen LogP contribution in [-0.2, 0) is 4.79 Å². The fraction of sp³-hybridized carbons (Fsp3) is 0.269. The number of fused-ring (bicyclic) bond motifs is 1. The van der Waals surface area contributed by atoms with Gasteiger partial charge in [-0.25, -0.2) is 0 Å². The van der Waals surface area contributed by atoms with Crippen LogP contribution in [0.15, 0.2) is 84.9 Å². The molecular weight excluding hydrogens is 370 g/mol. The van der Waals surface area contributed by atoms with Crippen molar-refractivity contribution in [2.24, 2.45) is 0 Å². The summed E-state index contributed by atoms with van der Waals surface area (Å²) in [6.07, 6.45) is 3.14. The maximum absolute atomic E-state index is 11.5. The van der Waals surface area contributed by atoms with Gasteiger partial charge >= 0.3 is 0 Å². The van der Waals surface area contributed by atoms with Crippen molar-refractivity contribution < 1.29 is 4.79 Å². The van der Waals surface area contributed by atoms with Crippen LogP contribution in [0.4, 0.5) is 11.4 Å². The first kappa shape index (κ1) is 18.9. The van der Waals surface area contributed by atoms with Gasteiger partial charge in [0.25, 0.3) is 0 Å². The summed E-state index contributed by atoms with van der Waals surface area (Å²) in [5.41, 5.74) is 4.91. The zero-order valence-corrected chi connectivity index (χ0v) is 17.1. The van der Waals surface area contributed by atoms with Gasteiger partial charge in [-0.05, 0) is 36.1 Å². The van der Waals surface area contributed by atoms with E-state index in [1.165, 1.54) is 16.8 Å². The highest BCUT2D eigenvalue weighted by molar-refractivity contribution is 5.88. The van der Waals surface area contributed by atoms with E-state index in [0.717, 1.165) is 38.0 Å². The Morgan fingerprint density at radius 2 is 1.27 bits per heavy atom. The summed E-state index contributed by atoms with van der Waals surface area (Å²) in [5.74, 6) is 0. The Hall–Kier alpha value is -3.11. The van der Waals surface area contributed by atoms with Crippen LogP contribution in [-0.4, -0.2) is 37.1 Å². The van der Waals surface area contributed by atoms with E-state index in [2.05, 4.69) is 82.6 Å². The first-order valence-corrected chi connectivity index (χ1v) is 10.8. The first-order valence-electron chi connectivity index (χ1n) is 10.8. The number of hydrogen-bond donors (Lipinski definition) is 0. The van der Waals surface area contributed by atoms with Crippen LogP contribution in [0.2, 0.25) is 0 Å². The molecule has 4 heteroatoms. The van der Waals surface area contributed by atoms with Crippen molar-refractivity contribution in [3.63, 3.8) is 0 Å². The third-order valence-electron chi connectivity index (χ3n) is 6.47. The summed E-state index contributed by atoms with van der Waals surface area (Å²) in [5, 5.41) is 0. The number of amides is 1. The molecule has 1 fully saturated rings. The second-order valence-corrected chi connectivity index (χ2v) is 8.17. The van der Waals surface area contributed by atoms with Gasteiger partial charge in [-0.1, -0.05) is 72.8 Å². The van der Waals surface area contributed by atoms with Gasteiger partial charge in [-0.2, -0.15) is 0 Å². The van der Waals surface area contributed by atoms with Crippen LogP contribution in [0, 0.1) is 0 Å². The molecule has 1 saturated heterocycles. The van der Waals surface area contributed by atoms with Gasteiger partial charge in [-0.15, -0.1) is 0 Å². The minimum absolute atomic E-state index is 0.283. The molecule has 4 nitrogen and oxygen atoms in total. The van der Waals surface area contributed by atoms with E-state index in [9.17, 15) is 4.79 Å². The molecular formula is C26H27N3O. The number of rotatable bonds is 5. The Bertz CT molecular complexity index is 944. The maximum Gasteiger partial charge on any atom is 0.215 e. The van der Waals surface area contributed by atoms with Gasteiger partial charge < -0.3 is 4.90 Å². The quantitative estimate of drug-likeness (QED) is 0.585.